The van der Waals surface area contributed by atoms with E-state index in [1.54, 1.807) is 57.1 Å². The highest BCUT2D eigenvalue weighted by atomic mass is 32.1. The van der Waals surface area contributed by atoms with Gasteiger partial charge < -0.3 is 4.74 Å². The van der Waals surface area contributed by atoms with Gasteiger partial charge in [-0.05, 0) is 210 Å². The Morgan fingerprint density at radius 3 is 0.973 bits per heavy atom. The molecule has 0 aliphatic rings. The predicted molar refractivity (Wildman–Crippen MR) is 603 cm³/mol. The largest absolute Gasteiger partial charge is 0.497 e. The van der Waals surface area contributed by atoms with Crippen molar-refractivity contribution in [2.45, 2.75) is 90.9 Å². The molecule has 4 atom stereocenters. The Labute approximate surface area is 867 Å². The molecule has 26 heteroatoms. The Bertz CT molecular complexity index is 9350. The summed E-state index contributed by atoms with van der Waals surface area (Å²) in [7, 11) is 5.47. The lowest BCUT2D eigenvalue weighted by Crippen LogP contribution is -2.24. The fourth-order valence-corrected chi connectivity index (χ4v) is 23.2. The van der Waals surface area contributed by atoms with Crippen LogP contribution in [0.3, 0.4) is 0 Å². The molecule has 15 heterocycles. The van der Waals surface area contributed by atoms with E-state index in [1.807, 2.05) is 377 Å². The minimum atomic E-state index is -0.0378. The summed E-state index contributed by atoms with van der Waals surface area (Å²) >= 11 is 6.47. The van der Waals surface area contributed by atoms with Gasteiger partial charge in [-0.1, -0.05) is 204 Å². The molecule has 25 aromatic rings. The van der Waals surface area contributed by atoms with Crippen LogP contribution in [0.2, 0.25) is 0 Å². The number of benzene rings is 10. The SMILES string of the molecule is COc1ccc(-c2cccc3cc([C@H](C)Cc4nccc5scnc45)n(-c4ccccc4)c(=O)c23)cc1.C[C@H](Cc1nccc2scnc12)c1cc2cccc(-c3cnc4ccccc4c3)c2c(=O)n1-c1ccccc1.Cc1c(-c2cccc3cc([C@H](C)Cc4nccc5scnc45)n(-c4ccccc4)c(=O)c23)cnn1C.Cc1nn(C)cc1-c1cccc2cc([C@H](C)Cc3nccc4scnc34)n(-c3ccccc3)c(=O)c12. The lowest BCUT2D eigenvalue weighted by atomic mass is 9.94. The maximum atomic E-state index is 14.5. The molecule has 15 aromatic heterocycles. The van der Waals surface area contributed by atoms with E-state index < -0.39 is 0 Å². The molecule has 0 aliphatic carbocycles. The van der Waals surface area contributed by atoms with Gasteiger partial charge in [0.1, 0.15) is 27.8 Å². The number of hydrogen-bond donors (Lipinski definition) is 0. The summed E-state index contributed by atoms with van der Waals surface area (Å²) in [6.07, 6.45) is 15.8. The summed E-state index contributed by atoms with van der Waals surface area (Å²) in [6, 6.07) is 98.3. The maximum Gasteiger partial charge on any atom is 0.263 e. The van der Waals surface area contributed by atoms with E-state index in [9.17, 15) is 19.2 Å². The molecule has 0 bridgehead atoms. The van der Waals surface area contributed by atoms with Crippen molar-refractivity contribution in [1.29, 1.82) is 0 Å². The summed E-state index contributed by atoms with van der Waals surface area (Å²) in [4.78, 5) is 98.8. The smallest absolute Gasteiger partial charge is 0.263 e. The third-order valence-electron chi connectivity index (χ3n) is 27.8. The Kier molecular flexibility index (Phi) is 26.8. The Morgan fingerprint density at radius 1 is 0.311 bits per heavy atom. The maximum absolute atomic E-state index is 14.5. The number of hydrogen-bond acceptors (Lipinski definition) is 20. The van der Waals surface area contributed by atoms with Gasteiger partial charge in [0.2, 0.25) is 0 Å². The molecule has 0 saturated heterocycles. The van der Waals surface area contributed by atoms with Crippen molar-refractivity contribution in [3.05, 3.63) is 461 Å². The van der Waals surface area contributed by atoms with Gasteiger partial charge in [0.05, 0.1) is 110 Å². The van der Waals surface area contributed by atoms with Crippen molar-refractivity contribution in [2.75, 3.05) is 7.11 Å². The van der Waals surface area contributed by atoms with Crippen molar-refractivity contribution in [1.82, 2.24) is 82.7 Å². The van der Waals surface area contributed by atoms with E-state index in [4.69, 9.17) is 4.74 Å². The van der Waals surface area contributed by atoms with Crippen molar-refractivity contribution < 1.29 is 4.74 Å². The lowest BCUT2D eigenvalue weighted by Gasteiger charge is -2.21. The van der Waals surface area contributed by atoms with Gasteiger partial charge in [0, 0.05) is 148 Å². The van der Waals surface area contributed by atoms with Gasteiger partial charge >= 0.3 is 0 Å². The first-order valence-corrected chi connectivity index (χ1v) is 52.5. The topological polar surface area (TPSA) is 249 Å². The van der Waals surface area contributed by atoms with Crippen LogP contribution in [0.4, 0.5) is 0 Å². The second-order valence-corrected chi connectivity index (χ2v) is 40.8. The van der Waals surface area contributed by atoms with Crippen LogP contribution in [0.5, 0.6) is 5.75 Å². The zero-order chi connectivity index (χ0) is 101. The van der Waals surface area contributed by atoms with Crippen molar-refractivity contribution in [3.63, 3.8) is 0 Å². The van der Waals surface area contributed by atoms with Crippen molar-refractivity contribution in [2.24, 2.45) is 14.1 Å². The second kappa shape index (κ2) is 41.5. The Morgan fingerprint density at radius 2 is 0.635 bits per heavy atom. The molecule has 0 fully saturated rings. The first kappa shape index (κ1) is 95.7. The third-order valence-corrected chi connectivity index (χ3v) is 31.0. The summed E-state index contributed by atoms with van der Waals surface area (Å²) in [6.45, 7) is 12.6. The van der Waals surface area contributed by atoms with Gasteiger partial charge in [-0.3, -0.25) is 71.7 Å². The number of fused-ring (bicyclic) bond motifs is 9. The number of rotatable bonds is 21. The fourth-order valence-electron chi connectivity index (χ4n) is 20.5. The number of thiazole rings is 4. The van der Waals surface area contributed by atoms with Crippen LogP contribution in [0, 0.1) is 13.8 Å². The van der Waals surface area contributed by atoms with Crippen LogP contribution in [0.1, 0.15) is 108 Å². The van der Waals surface area contributed by atoms with Crippen LogP contribution in [0.25, 0.3) is 162 Å². The minimum Gasteiger partial charge on any atom is -0.497 e. The van der Waals surface area contributed by atoms with E-state index in [0.717, 1.165) is 203 Å². The number of nitrogens with zero attached hydrogens (tertiary/aromatic N) is 17. The molecule has 0 saturated carbocycles. The van der Waals surface area contributed by atoms with Gasteiger partial charge in [-0.2, -0.15) is 10.2 Å². The average molecular weight is 2010 g/mol. The van der Waals surface area contributed by atoms with E-state index in [1.165, 1.54) is 0 Å². The molecule has 0 aliphatic heterocycles. The quantitative estimate of drug-likeness (QED) is 0.0648. The van der Waals surface area contributed by atoms with E-state index >= 15 is 0 Å². The number of para-hydroxylation sites is 5. The molecule has 148 heavy (non-hydrogen) atoms. The predicted octanol–water partition coefficient (Wildman–Crippen LogP) is 26.7. The van der Waals surface area contributed by atoms with Crippen molar-refractivity contribution in [3.8, 4) is 73.0 Å². The molecule has 0 N–H and O–H groups in total. The van der Waals surface area contributed by atoms with E-state index in [-0.39, 0.29) is 45.9 Å². The highest BCUT2D eigenvalue weighted by Crippen LogP contribution is 2.41. The zero-order valence-corrected chi connectivity index (χ0v) is 85.8. The number of aromatic nitrogens is 17. The molecule has 22 nitrogen and oxygen atoms in total. The van der Waals surface area contributed by atoms with Crippen LogP contribution in [-0.2, 0) is 39.8 Å². The van der Waals surface area contributed by atoms with Gasteiger partial charge in [0.15, 0.2) is 0 Å². The second-order valence-electron chi connectivity index (χ2n) is 37.2. The highest BCUT2D eigenvalue weighted by Gasteiger charge is 2.29. The van der Waals surface area contributed by atoms with Crippen LogP contribution in [0.15, 0.2) is 382 Å². The summed E-state index contributed by atoms with van der Waals surface area (Å²) in [5.41, 5.74) is 32.4. The third kappa shape index (κ3) is 18.7. The number of pyridine rings is 9. The Balaban J connectivity index is 0.000000112. The van der Waals surface area contributed by atoms with Crippen LogP contribution in [-0.4, -0.2) is 89.8 Å². The summed E-state index contributed by atoms with van der Waals surface area (Å²) < 4.78 is 20.9. The van der Waals surface area contributed by atoms with E-state index in [2.05, 4.69) is 119 Å². The molecular formula is C122H99N17O5S4. The van der Waals surface area contributed by atoms with Crippen LogP contribution >= 0.6 is 45.3 Å². The fraction of sp³-hybridized carbons (Fsp3) is 0.139. The molecule has 25 rings (SSSR count). The van der Waals surface area contributed by atoms with Gasteiger partial charge in [-0.15, -0.1) is 45.3 Å². The Hall–Kier alpha value is -17.2. The summed E-state index contributed by atoms with van der Waals surface area (Å²) in [5.74, 6) is 0.900. The number of ether oxygens (including phenoxy) is 1. The normalized spacial score (nSPS) is 12.3. The van der Waals surface area contributed by atoms with Gasteiger partial charge in [-0.25, -0.2) is 19.9 Å². The first-order chi connectivity index (χ1) is 72.3. The van der Waals surface area contributed by atoms with Crippen molar-refractivity contribution >= 4 is 140 Å². The number of aryl methyl sites for hydroxylation is 3. The molecular weight excluding hydrogens is 1910 g/mol. The first-order valence-electron chi connectivity index (χ1n) is 49.0. The monoisotopic (exact) mass is 2010 g/mol. The molecule has 726 valence electrons. The van der Waals surface area contributed by atoms with Crippen LogP contribution < -0.4 is 27.0 Å². The molecule has 10 aromatic carbocycles. The van der Waals surface area contributed by atoms with E-state index in [0.29, 0.717) is 47.2 Å². The van der Waals surface area contributed by atoms with Gasteiger partial charge in [0.25, 0.3) is 22.2 Å². The average Bonchev–Trinajstić information content (AvgIpc) is 1.75. The highest BCUT2D eigenvalue weighted by molar-refractivity contribution is 7.17. The molecule has 0 amide bonds. The molecule has 0 radical (unpaired) electrons. The molecule has 0 spiro atoms. The standard InChI is InChI=1S/C33H24N4OS.C31H25N3O2S.2C29H25N5OS/c1-21(16-28-32-30(14-15-34-28)39-20-36-32)29-18-23-9-7-12-26(24-17-22-8-5-6-13-27(22)35-19-24)31(23)33(38)37(29)25-10-3-2-4-11-25;1-20(17-26-30-28(15-16-32-26)37-19-33-30)27-18-22-7-6-10-25(21-11-13-24(36-2)14-12-21)29(22)31(35)34(27)23-8-4-3-5-9-23;1-18(14-24-28-26(12-13-30-24)36-17-31-28)25-15-20-8-7-11-22(23-16-33(3)32-19(23)2)27(20)29(35)34(25)21-9-5-4-6-10-21;1-18(14-24-28-26(12-13-30-24)36-17-31-28)25-15-20-8-7-11-22(23-16-32-33(3)19(23)2)27(20)29(35)34(25)21-9-5-4-6-10-21/h2-15,17-21H,16H2,1H3;3-16,18-20H,17H2,1-2H3;2*4-13,15-18H,14H2,1-3H3/t21-;20-;2*18-/m1111/s1. The molecule has 0 unspecified atom stereocenters. The zero-order valence-electron chi connectivity index (χ0n) is 82.6. The minimum absolute atomic E-state index is 0.0214. The lowest BCUT2D eigenvalue weighted by molar-refractivity contribution is 0.415. The number of methoxy groups -OCH3 is 1. The summed E-state index contributed by atoms with van der Waals surface area (Å²) in [5, 5.41) is 16.5.